The minimum absolute atomic E-state index is 0.00225. The largest absolute Gasteiger partial charge is 0.573 e. The molecule has 3 saturated heterocycles. The van der Waals surface area contributed by atoms with E-state index in [0.717, 1.165) is 93.4 Å². The summed E-state index contributed by atoms with van der Waals surface area (Å²) < 4.78 is 44.8. The van der Waals surface area contributed by atoms with E-state index in [1.165, 1.54) is 35.2 Å². The van der Waals surface area contributed by atoms with Gasteiger partial charge in [-0.15, -0.1) is 13.2 Å². The van der Waals surface area contributed by atoms with Gasteiger partial charge in [-0.25, -0.2) is 0 Å². The molecule has 1 N–H and O–H groups in total. The predicted molar refractivity (Wildman–Crippen MR) is 183 cm³/mol. The lowest BCUT2D eigenvalue weighted by Crippen LogP contribution is -2.45. The number of ketones is 1. The van der Waals surface area contributed by atoms with E-state index >= 15 is 0 Å². The van der Waals surface area contributed by atoms with Crippen LogP contribution in [-0.2, 0) is 24.4 Å². The maximum Gasteiger partial charge on any atom is 0.573 e. The number of Topliss-reactive ketones (excluding diaryl/α,β-unsaturated/α-hetero) is 1. The van der Waals surface area contributed by atoms with Gasteiger partial charge in [0, 0.05) is 73.9 Å². The molecular formula is C39H45F3N4O2. The number of ether oxygens (including phenoxy) is 1. The van der Waals surface area contributed by atoms with Crippen LogP contribution in [0.5, 0.6) is 5.75 Å². The molecule has 3 unspecified atom stereocenters. The van der Waals surface area contributed by atoms with Crippen LogP contribution in [0.15, 0.2) is 72.9 Å². The Hall–Kier alpha value is -3.66. The third-order valence-electron chi connectivity index (χ3n) is 10.6. The molecular weight excluding hydrogens is 613 g/mol. The fraction of sp³-hybridized carbons (Fsp3) is 0.462. The first-order valence-corrected chi connectivity index (χ1v) is 17.5. The molecule has 0 saturated carbocycles. The van der Waals surface area contributed by atoms with Gasteiger partial charge in [-0.1, -0.05) is 48.9 Å². The average molecular weight is 659 g/mol. The monoisotopic (exact) mass is 658 g/mol. The molecule has 4 aromatic rings. The summed E-state index contributed by atoms with van der Waals surface area (Å²) in [6.07, 6.45) is 4.04. The van der Waals surface area contributed by atoms with Crippen LogP contribution >= 0.6 is 0 Å². The standard InChI is InChI=1S/C39H45F3N4O2/c1-27-8-2-3-9-30(27)23-46-25-31-21-32(46)24-45(31)22-28-12-17-37-34(20-28)35(29-13-15-33(16-14-29)48-39(40,41)42)26-44(37)19-7-5-11-38(47)36-10-4-6-18-43-36/h2-3,8-9,12-17,20,26,31-32,36,43H,4-7,10-11,18-19,21-25H2,1H3. The highest BCUT2D eigenvalue weighted by Gasteiger charge is 2.42. The fourth-order valence-electron chi connectivity index (χ4n) is 8.04. The number of nitrogens with one attached hydrogen (secondary N) is 1. The van der Waals surface area contributed by atoms with Gasteiger partial charge in [-0.3, -0.25) is 14.6 Å². The highest BCUT2D eigenvalue weighted by Crippen LogP contribution is 2.36. The zero-order chi connectivity index (χ0) is 33.3. The Labute approximate surface area is 280 Å². The van der Waals surface area contributed by atoms with Crippen molar-refractivity contribution < 1.29 is 22.7 Å². The van der Waals surface area contributed by atoms with Gasteiger partial charge in [0.15, 0.2) is 0 Å². The lowest BCUT2D eigenvalue weighted by molar-refractivity contribution is -0.274. The van der Waals surface area contributed by atoms with Gasteiger partial charge in [0.1, 0.15) is 11.5 Å². The van der Waals surface area contributed by atoms with Gasteiger partial charge in [0.05, 0.1) is 6.04 Å². The number of benzene rings is 3. The molecule has 254 valence electrons. The van der Waals surface area contributed by atoms with E-state index in [9.17, 15) is 18.0 Å². The van der Waals surface area contributed by atoms with Crippen LogP contribution in [0.1, 0.15) is 61.6 Å². The minimum Gasteiger partial charge on any atom is -0.406 e. The second-order valence-corrected chi connectivity index (χ2v) is 13.9. The van der Waals surface area contributed by atoms with Crippen LogP contribution in [-0.4, -0.2) is 64.3 Å². The number of hydrogen-bond donors (Lipinski definition) is 1. The SMILES string of the molecule is Cc1ccccc1CN1CC2CC1CN2Cc1ccc2c(c1)c(-c1ccc(OC(F)(F)F)cc1)cn2CCCCC(=O)C1CCCCN1. The van der Waals surface area contributed by atoms with Crippen molar-refractivity contribution in [2.45, 2.75) is 96.0 Å². The Kier molecular flexibility index (Phi) is 9.63. The van der Waals surface area contributed by atoms with Crippen molar-refractivity contribution in [1.82, 2.24) is 19.7 Å². The lowest BCUT2D eigenvalue weighted by Gasteiger charge is -2.34. The molecule has 2 bridgehead atoms. The Bertz CT molecular complexity index is 1730. The van der Waals surface area contributed by atoms with Crippen molar-refractivity contribution in [1.29, 1.82) is 0 Å². The quantitative estimate of drug-likeness (QED) is 0.157. The third kappa shape index (κ3) is 7.48. The summed E-state index contributed by atoms with van der Waals surface area (Å²) in [6.45, 7) is 7.88. The topological polar surface area (TPSA) is 49.7 Å². The van der Waals surface area contributed by atoms with Crippen LogP contribution in [0.4, 0.5) is 13.2 Å². The molecule has 0 spiro atoms. The number of fused-ring (bicyclic) bond motifs is 3. The van der Waals surface area contributed by atoms with Crippen LogP contribution in [0.3, 0.4) is 0 Å². The van der Waals surface area contributed by atoms with Crippen molar-refractivity contribution in [3.63, 3.8) is 0 Å². The molecule has 0 amide bonds. The zero-order valence-electron chi connectivity index (χ0n) is 27.6. The molecule has 3 fully saturated rings. The molecule has 9 heteroatoms. The van der Waals surface area contributed by atoms with E-state index in [1.54, 1.807) is 12.1 Å². The van der Waals surface area contributed by atoms with E-state index in [1.807, 2.05) is 0 Å². The Morgan fingerprint density at radius 3 is 2.42 bits per heavy atom. The summed E-state index contributed by atoms with van der Waals surface area (Å²) in [5.41, 5.74) is 6.92. The number of unbranched alkanes of at least 4 members (excludes halogenated alkanes) is 1. The second-order valence-electron chi connectivity index (χ2n) is 13.9. The number of piperazine rings is 1. The highest BCUT2D eigenvalue weighted by molar-refractivity contribution is 5.96. The maximum absolute atomic E-state index is 12.8. The van der Waals surface area contributed by atoms with Gasteiger partial charge in [0.2, 0.25) is 0 Å². The number of aromatic nitrogens is 1. The molecule has 3 aliphatic heterocycles. The van der Waals surface area contributed by atoms with Crippen molar-refractivity contribution >= 4 is 16.7 Å². The summed E-state index contributed by atoms with van der Waals surface area (Å²) in [6, 6.07) is 22.6. The van der Waals surface area contributed by atoms with E-state index in [2.05, 4.69) is 80.0 Å². The van der Waals surface area contributed by atoms with Gasteiger partial charge < -0.3 is 14.6 Å². The Balaban J connectivity index is 1.06. The van der Waals surface area contributed by atoms with E-state index in [4.69, 9.17) is 0 Å². The van der Waals surface area contributed by atoms with Gasteiger partial charge in [-0.05, 0) is 92.1 Å². The normalized spacial score (nSPS) is 21.7. The van der Waals surface area contributed by atoms with Crippen LogP contribution in [0.25, 0.3) is 22.0 Å². The first kappa shape index (κ1) is 32.9. The molecule has 7 rings (SSSR count). The molecule has 4 heterocycles. The van der Waals surface area contributed by atoms with E-state index in [0.29, 0.717) is 24.3 Å². The second kappa shape index (κ2) is 14.1. The molecule has 6 nitrogen and oxygen atoms in total. The number of halogens is 3. The van der Waals surface area contributed by atoms with Crippen LogP contribution in [0, 0.1) is 6.92 Å². The maximum atomic E-state index is 12.8. The molecule has 3 aromatic carbocycles. The number of likely N-dealkylation sites (tertiary alicyclic amines) is 2. The van der Waals surface area contributed by atoms with Gasteiger partial charge in [-0.2, -0.15) is 0 Å². The third-order valence-corrected chi connectivity index (χ3v) is 10.6. The summed E-state index contributed by atoms with van der Waals surface area (Å²) in [4.78, 5) is 18.0. The number of alkyl halides is 3. The van der Waals surface area contributed by atoms with Crippen LogP contribution in [0.2, 0.25) is 0 Å². The number of nitrogens with zero attached hydrogens (tertiary/aromatic N) is 3. The summed E-state index contributed by atoms with van der Waals surface area (Å²) >= 11 is 0. The Morgan fingerprint density at radius 1 is 0.938 bits per heavy atom. The first-order valence-electron chi connectivity index (χ1n) is 17.5. The Morgan fingerprint density at radius 2 is 1.71 bits per heavy atom. The number of hydrogen-bond acceptors (Lipinski definition) is 5. The minimum atomic E-state index is -4.73. The summed E-state index contributed by atoms with van der Waals surface area (Å²) in [5, 5.41) is 4.45. The molecule has 0 aliphatic carbocycles. The van der Waals surface area contributed by atoms with Crippen molar-refractivity contribution in [2.75, 3.05) is 19.6 Å². The molecule has 1 aromatic heterocycles. The van der Waals surface area contributed by atoms with Gasteiger partial charge >= 0.3 is 6.36 Å². The molecule has 0 radical (unpaired) electrons. The van der Waals surface area contributed by atoms with Gasteiger partial charge in [0.25, 0.3) is 0 Å². The van der Waals surface area contributed by atoms with Crippen molar-refractivity contribution in [3.05, 3.63) is 89.6 Å². The zero-order valence-corrected chi connectivity index (χ0v) is 27.6. The predicted octanol–water partition coefficient (Wildman–Crippen LogP) is 7.86. The van der Waals surface area contributed by atoms with Crippen molar-refractivity contribution in [2.24, 2.45) is 0 Å². The van der Waals surface area contributed by atoms with Crippen molar-refractivity contribution in [3.8, 4) is 16.9 Å². The number of aryl methyl sites for hydroxylation is 2. The van der Waals surface area contributed by atoms with E-state index < -0.39 is 6.36 Å². The van der Waals surface area contributed by atoms with E-state index in [-0.39, 0.29) is 11.8 Å². The molecule has 3 aliphatic rings. The lowest BCUT2D eigenvalue weighted by atomic mass is 9.98. The smallest absolute Gasteiger partial charge is 0.406 e. The number of carbonyl (C=O) groups excluding carboxylic acids is 1. The first-order chi connectivity index (χ1) is 23.2. The number of carbonyl (C=O) groups is 1. The number of rotatable bonds is 12. The average Bonchev–Trinajstić information content (AvgIpc) is 3.77. The molecule has 3 atom stereocenters. The highest BCUT2D eigenvalue weighted by atomic mass is 19.4. The number of piperidine rings is 1. The van der Waals surface area contributed by atoms with Crippen LogP contribution < -0.4 is 10.1 Å². The molecule has 48 heavy (non-hydrogen) atoms. The summed E-state index contributed by atoms with van der Waals surface area (Å²) in [7, 11) is 0. The fourth-order valence-corrected chi connectivity index (χ4v) is 8.04. The summed E-state index contributed by atoms with van der Waals surface area (Å²) in [5.74, 6) is 0.0841.